The van der Waals surface area contributed by atoms with Crippen molar-refractivity contribution in [3.8, 4) is 11.5 Å². The maximum Gasteiger partial charge on any atom is 0.511 e. The van der Waals surface area contributed by atoms with Gasteiger partial charge in [-0.3, -0.25) is 4.79 Å². The van der Waals surface area contributed by atoms with Crippen LogP contribution in [-0.4, -0.2) is 32.1 Å². The molecule has 0 fully saturated rings. The molecule has 7 heteroatoms. The van der Waals surface area contributed by atoms with Crippen LogP contribution in [0.5, 0.6) is 11.5 Å². The number of methoxy groups -OCH3 is 1. The summed E-state index contributed by atoms with van der Waals surface area (Å²) in [7, 11) is 1.60. The zero-order chi connectivity index (χ0) is 23.4. The summed E-state index contributed by atoms with van der Waals surface area (Å²) >= 11 is 0. The van der Waals surface area contributed by atoms with Gasteiger partial charge in [0.25, 0.3) is 0 Å². The third-order valence-electron chi connectivity index (χ3n) is 5.46. The van der Waals surface area contributed by atoms with E-state index in [1.54, 1.807) is 33.1 Å². The lowest BCUT2D eigenvalue weighted by Crippen LogP contribution is -2.37. The molecule has 0 saturated carbocycles. The number of benzene rings is 3. The quantitative estimate of drug-likeness (QED) is 0.411. The number of carbonyl (C=O) groups is 2. The van der Waals surface area contributed by atoms with E-state index in [2.05, 4.69) is 5.32 Å². The lowest BCUT2D eigenvalue weighted by atomic mass is 9.70. The minimum absolute atomic E-state index is 0.137. The van der Waals surface area contributed by atoms with Gasteiger partial charge in [-0.05, 0) is 55.3 Å². The largest absolute Gasteiger partial charge is 0.511 e. The highest BCUT2D eigenvalue weighted by atomic mass is 16.8. The highest BCUT2D eigenvalue weighted by Crippen LogP contribution is 2.48. The van der Waals surface area contributed by atoms with Crippen LogP contribution in [0.3, 0.4) is 0 Å². The Morgan fingerprint density at radius 1 is 0.909 bits per heavy atom. The van der Waals surface area contributed by atoms with Crippen molar-refractivity contribution >= 4 is 17.7 Å². The van der Waals surface area contributed by atoms with E-state index in [4.69, 9.17) is 18.9 Å². The van der Waals surface area contributed by atoms with E-state index in [1.807, 2.05) is 60.7 Å². The summed E-state index contributed by atoms with van der Waals surface area (Å²) in [6.45, 7) is 3.19. The molecule has 0 aromatic heterocycles. The number of para-hydroxylation sites is 1. The van der Waals surface area contributed by atoms with Gasteiger partial charge >= 0.3 is 6.16 Å². The fraction of sp³-hybridized carbons (Fsp3) is 0.231. The van der Waals surface area contributed by atoms with Crippen molar-refractivity contribution in [2.45, 2.75) is 25.4 Å². The van der Waals surface area contributed by atoms with Gasteiger partial charge in [0.05, 0.1) is 13.2 Å². The fourth-order valence-electron chi connectivity index (χ4n) is 4.01. The predicted molar refractivity (Wildman–Crippen MR) is 123 cm³/mol. The molecule has 33 heavy (non-hydrogen) atoms. The summed E-state index contributed by atoms with van der Waals surface area (Å²) in [5, 5.41) is 3.02. The topological polar surface area (TPSA) is 83.1 Å². The zero-order valence-corrected chi connectivity index (χ0v) is 18.7. The first-order valence-corrected chi connectivity index (χ1v) is 10.6. The number of carbonyl (C=O) groups excluding carboxylic acids is 2. The molecule has 1 aliphatic rings. The second-order valence-corrected chi connectivity index (χ2v) is 7.83. The van der Waals surface area contributed by atoms with Gasteiger partial charge in [-0.2, -0.15) is 0 Å². The first kappa shape index (κ1) is 22.2. The van der Waals surface area contributed by atoms with Crippen molar-refractivity contribution < 1.29 is 28.5 Å². The molecule has 0 saturated heterocycles. The van der Waals surface area contributed by atoms with Gasteiger partial charge in [-0.1, -0.05) is 42.5 Å². The van der Waals surface area contributed by atoms with E-state index in [0.717, 1.165) is 22.4 Å². The summed E-state index contributed by atoms with van der Waals surface area (Å²) in [5.41, 5.74) is 2.21. The molecular formula is C26H25NO6. The van der Waals surface area contributed by atoms with E-state index in [9.17, 15) is 9.59 Å². The van der Waals surface area contributed by atoms with Gasteiger partial charge in [0.2, 0.25) is 12.7 Å². The van der Waals surface area contributed by atoms with Crippen LogP contribution in [0.15, 0.2) is 72.8 Å². The normalized spacial score (nSPS) is 16.7. The fourth-order valence-corrected chi connectivity index (χ4v) is 4.01. The molecule has 0 aliphatic carbocycles. The number of anilines is 1. The summed E-state index contributed by atoms with van der Waals surface area (Å²) in [5.74, 6) is 1.07. The molecule has 3 aromatic carbocycles. The molecular weight excluding hydrogens is 422 g/mol. The van der Waals surface area contributed by atoms with Gasteiger partial charge in [0.1, 0.15) is 16.9 Å². The highest BCUT2D eigenvalue weighted by Gasteiger charge is 2.49. The zero-order valence-electron chi connectivity index (χ0n) is 18.7. The molecule has 1 unspecified atom stereocenters. The molecule has 1 aliphatic heterocycles. The van der Waals surface area contributed by atoms with Crippen molar-refractivity contribution in [2.75, 3.05) is 19.2 Å². The van der Waals surface area contributed by atoms with Crippen LogP contribution in [0.25, 0.3) is 0 Å². The molecule has 0 radical (unpaired) electrons. The van der Waals surface area contributed by atoms with Crippen molar-refractivity contribution in [2.24, 2.45) is 0 Å². The Bertz CT molecular complexity index is 1140. The maximum absolute atomic E-state index is 13.5. The number of ether oxygens (including phenoxy) is 4. The lowest BCUT2D eigenvalue weighted by Gasteiger charge is -2.29. The molecule has 1 amide bonds. The highest BCUT2D eigenvalue weighted by molar-refractivity contribution is 6.11. The van der Waals surface area contributed by atoms with Crippen molar-refractivity contribution in [1.82, 2.24) is 0 Å². The van der Waals surface area contributed by atoms with Crippen LogP contribution in [-0.2, 0) is 19.7 Å². The SMILES string of the molecule is COc1ccc(C2(c3ccc(OCOC(=O)OC(C)C)cc3)C(=O)Nc3ccccc32)cc1. The standard InChI is InChI=1S/C26H25NO6/c1-17(2)33-25(29)32-16-31-21-14-10-19(11-15-21)26(18-8-12-20(30-3)13-9-18)22-6-4-5-7-23(22)27-24(26)28/h4-15,17H,16H2,1-3H3,(H,27,28). The molecule has 1 heterocycles. The molecule has 3 aromatic rings. The lowest BCUT2D eigenvalue weighted by molar-refractivity contribution is -0.118. The molecule has 0 bridgehead atoms. The molecule has 170 valence electrons. The average molecular weight is 447 g/mol. The Morgan fingerprint density at radius 2 is 1.52 bits per heavy atom. The average Bonchev–Trinajstić information content (AvgIpc) is 3.11. The summed E-state index contributed by atoms with van der Waals surface area (Å²) in [4.78, 5) is 25.0. The molecule has 1 N–H and O–H groups in total. The van der Waals surface area contributed by atoms with Gasteiger partial charge in [0, 0.05) is 11.3 Å². The second-order valence-electron chi connectivity index (χ2n) is 7.83. The van der Waals surface area contributed by atoms with E-state index in [0.29, 0.717) is 11.5 Å². The Kier molecular flexibility index (Phi) is 6.22. The van der Waals surface area contributed by atoms with Crippen molar-refractivity contribution in [3.05, 3.63) is 89.5 Å². The van der Waals surface area contributed by atoms with E-state index >= 15 is 0 Å². The van der Waals surface area contributed by atoms with Crippen molar-refractivity contribution in [1.29, 1.82) is 0 Å². The van der Waals surface area contributed by atoms with E-state index < -0.39 is 11.6 Å². The van der Waals surface area contributed by atoms with Gasteiger partial charge in [-0.15, -0.1) is 0 Å². The molecule has 4 rings (SSSR count). The number of hydrogen-bond acceptors (Lipinski definition) is 6. The summed E-state index contributed by atoms with van der Waals surface area (Å²) in [6, 6.07) is 22.3. The number of nitrogens with one attached hydrogen (secondary N) is 1. The second kappa shape index (κ2) is 9.24. The maximum atomic E-state index is 13.5. The number of hydrogen-bond donors (Lipinski definition) is 1. The Hall–Kier alpha value is -4.00. The molecule has 1 atom stereocenters. The Balaban J connectivity index is 1.65. The van der Waals surface area contributed by atoms with Gasteiger partial charge in [-0.25, -0.2) is 4.79 Å². The smallest absolute Gasteiger partial charge is 0.497 e. The first-order chi connectivity index (χ1) is 15.9. The van der Waals surface area contributed by atoms with Crippen LogP contribution < -0.4 is 14.8 Å². The predicted octanol–water partition coefficient (Wildman–Crippen LogP) is 4.88. The van der Waals surface area contributed by atoms with Gasteiger partial charge in [0.15, 0.2) is 0 Å². The van der Waals surface area contributed by atoms with Crippen LogP contribution in [0.4, 0.5) is 10.5 Å². The number of rotatable bonds is 7. The first-order valence-electron chi connectivity index (χ1n) is 10.6. The van der Waals surface area contributed by atoms with Crippen LogP contribution in [0, 0.1) is 0 Å². The van der Waals surface area contributed by atoms with E-state index in [-0.39, 0.29) is 18.8 Å². The van der Waals surface area contributed by atoms with Crippen LogP contribution in [0.1, 0.15) is 30.5 Å². The van der Waals surface area contributed by atoms with E-state index in [1.165, 1.54) is 0 Å². The van der Waals surface area contributed by atoms with Crippen LogP contribution >= 0.6 is 0 Å². The van der Waals surface area contributed by atoms with Crippen molar-refractivity contribution in [3.63, 3.8) is 0 Å². The monoisotopic (exact) mass is 447 g/mol. The third-order valence-corrected chi connectivity index (χ3v) is 5.46. The minimum atomic E-state index is -1.03. The van der Waals surface area contributed by atoms with Gasteiger partial charge < -0.3 is 24.3 Å². The third kappa shape index (κ3) is 4.22. The Labute approximate surface area is 192 Å². The van der Waals surface area contributed by atoms with Crippen LogP contribution in [0.2, 0.25) is 0 Å². The summed E-state index contributed by atoms with van der Waals surface area (Å²) in [6.07, 6.45) is -1.06. The number of fused-ring (bicyclic) bond motifs is 1. The minimum Gasteiger partial charge on any atom is -0.497 e. The number of amides is 1. The Morgan fingerprint density at radius 3 is 2.12 bits per heavy atom. The summed E-state index contributed by atoms with van der Waals surface area (Å²) < 4.78 is 20.6. The molecule has 7 nitrogen and oxygen atoms in total. The molecule has 0 spiro atoms.